The van der Waals surface area contributed by atoms with Crippen LogP contribution >= 0.6 is 23.2 Å². The molecule has 2 heterocycles. The zero-order valence-corrected chi connectivity index (χ0v) is 18.7. The van der Waals surface area contributed by atoms with Crippen LogP contribution in [-0.4, -0.2) is 54.1 Å². The Morgan fingerprint density at radius 2 is 1.83 bits per heavy atom. The van der Waals surface area contributed by atoms with Gasteiger partial charge in [0.05, 0.1) is 27.9 Å². The quantitative estimate of drug-likeness (QED) is 0.718. The van der Waals surface area contributed by atoms with E-state index in [4.69, 9.17) is 32.9 Å². The average molecular weight is 437 g/mol. The highest BCUT2D eigenvalue weighted by Crippen LogP contribution is 2.27. The van der Waals surface area contributed by atoms with Crippen LogP contribution in [-0.2, 0) is 16.8 Å². The van der Waals surface area contributed by atoms with Crippen LogP contribution in [0.4, 0.5) is 5.82 Å². The van der Waals surface area contributed by atoms with Crippen LogP contribution in [0.5, 0.6) is 0 Å². The maximum absolute atomic E-state index is 12.9. The standard InChI is InChI=1S/C21H26Cl2N4O2/c1-21(2,3)20-24-14(13-29-4)12-17(25-20)26-8-10-27(11-9-26)19(28)15-6-5-7-16(22)18(15)23/h5-7,12H,8-11,13H2,1-4H3. The molecule has 29 heavy (non-hydrogen) atoms. The van der Waals surface area contributed by atoms with Crippen molar-refractivity contribution in [3.63, 3.8) is 0 Å². The largest absolute Gasteiger partial charge is 0.378 e. The molecule has 0 aliphatic carbocycles. The maximum Gasteiger partial charge on any atom is 0.255 e. The predicted molar refractivity (Wildman–Crippen MR) is 116 cm³/mol. The number of benzene rings is 1. The second-order valence-electron chi connectivity index (χ2n) is 8.10. The van der Waals surface area contributed by atoms with Gasteiger partial charge in [-0.1, -0.05) is 50.0 Å². The Labute approximate surface area is 181 Å². The molecule has 0 unspecified atom stereocenters. The molecule has 3 rings (SSSR count). The van der Waals surface area contributed by atoms with E-state index >= 15 is 0 Å². The second kappa shape index (κ2) is 8.86. The van der Waals surface area contributed by atoms with Crippen molar-refractivity contribution in [2.75, 3.05) is 38.2 Å². The van der Waals surface area contributed by atoms with Gasteiger partial charge in [-0.2, -0.15) is 0 Å². The summed E-state index contributed by atoms with van der Waals surface area (Å²) < 4.78 is 5.27. The number of nitrogens with zero attached hydrogens (tertiary/aromatic N) is 4. The number of methoxy groups -OCH3 is 1. The van der Waals surface area contributed by atoms with E-state index < -0.39 is 0 Å². The molecule has 1 aromatic heterocycles. The lowest BCUT2D eigenvalue weighted by molar-refractivity contribution is 0.0746. The van der Waals surface area contributed by atoms with E-state index in [2.05, 4.69) is 30.7 Å². The molecule has 1 aliphatic rings. The Morgan fingerprint density at radius 1 is 1.14 bits per heavy atom. The number of carbonyl (C=O) groups is 1. The van der Waals surface area contributed by atoms with Crippen molar-refractivity contribution in [3.05, 3.63) is 51.4 Å². The molecule has 1 aliphatic heterocycles. The van der Waals surface area contributed by atoms with Crippen molar-refractivity contribution in [2.45, 2.75) is 32.8 Å². The van der Waals surface area contributed by atoms with E-state index in [1.807, 2.05) is 6.07 Å². The number of hydrogen-bond acceptors (Lipinski definition) is 5. The van der Waals surface area contributed by atoms with Crippen LogP contribution in [0.2, 0.25) is 10.0 Å². The third kappa shape index (κ3) is 5.00. The minimum absolute atomic E-state index is 0.102. The molecular weight excluding hydrogens is 411 g/mol. The van der Waals surface area contributed by atoms with Gasteiger partial charge >= 0.3 is 0 Å². The molecule has 1 saturated heterocycles. The van der Waals surface area contributed by atoms with E-state index in [1.165, 1.54) is 0 Å². The highest BCUT2D eigenvalue weighted by atomic mass is 35.5. The van der Waals surface area contributed by atoms with Gasteiger partial charge in [-0.3, -0.25) is 4.79 Å². The first-order chi connectivity index (χ1) is 13.7. The first kappa shape index (κ1) is 21.8. The van der Waals surface area contributed by atoms with E-state index in [-0.39, 0.29) is 11.3 Å². The van der Waals surface area contributed by atoms with E-state index in [0.29, 0.717) is 48.4 Å². The summed E-state index contributed by atoms with van der Waals surface area (Å²) in [5.74, 6) is 1.55. The summed E-state index contributed by atoms with van der Waals surface area (Å²) in [5, 5.41) is 0.689. The summed E-state index contributed by atoms with van der Waals surface area (Å²) in [6, 6.07) is 7.09. The summed E-state index contributed by atoms with van der Waals surface area (Å²) in [7, 11) is 1.66. The van der Waals surface area contributed by atoms with Crippen LogP contribution in [0.25, 0.3) is 0 Å². The van der Waals surface area contributed by atoms with Crippen LogP contribution in [0, 0.1) is 0 Å². The van der Waals surface area contributed by atoms with E-state index in [1.54, 1.807) is 30.2 Å². The van der Waals surface area contributed by atoms with Crippen molar-refractivity contribution in [3.8, 4) is 0 Å². The van der Waals surface area contributed by atoms with Crippen molar-refractivity contribution >= 4 is 34.9 Å². The number of rotatable bonds is 4. The average Bonchev–Trinajstić information content (AvgIpc) is 2.69. The molecule has 0 atom stereocenters. The number of piperazine rings is 1. The molecule has 156 valence electrons. The number of carbonyl (C=O) groups excluding carboxylic acids is 1. The molecule has 2 aromatic rings. The van der Waals surface area contributed by atoms with Crippen LogP contribution in [0.3, 0.4) is 0 Å². The minimum Gasteiger partial charge on any atom is -0.378 e. The molecule has 0 N–H and O–H groups in total. The molecule has 0 bridgehead atoms. The Balaban J connectivity index is 1.76. The van der Waals surface area contributed by atoms with Gasteiger partial charge in [-0.25, -0.2) is 9.97 Å². The van der Waals surface area contributed by atoms with Gasteiger partial charge < -0.3 is 14.5 Å². The molecule has 1 aromatic carbocycles. The normalized spacial score (nSPS) is 15.0. The molecule has 6 nitrogen and oxygen atoms in total. The van der Waals surface area contributed by atoms with Crippen LogP contribution in [0.1, 0.15) is 42.6 Å². The monoisotopic (exact) mass is 436 g/mol. The third-order valence-electron chi connectivity index (χ3n) is 4.80. The number of halogens is 2. The Kier molecular flexibility index (Phi) is 6.66. The summed E-state index contributed by atoms with van der Waals surface area (Å²) >= 11 is 12.3. The maximum atomic E-state index is 12.9. The summed E-state index contributed by atoms with van der Waals surface area (Å²) in [6.45, 7) is 9.22. The van der Waals surface area contributed by atoms with Gasteiger partial charge in [0.25, 0.3) is 5.91 Å². The lowest BCUT2D eigenvalue weighted by atomic mass is 9.95. The minimum atomic E-state index is -0.167. The van der Waals surface area contributed by atoms with E-state index in [0.717, 1.165) is 17.3 Å². The summed E-state index contributed by atoms with van der Waals surface area (Å²) in [6.07, 6.45) is 0. The lowest BCUT2D eigenvalue weighted by Gasteiger charge is -2.36. The van der Waals surface area contributed by atoms with Gasteiger partial charge in [-0.05, 0) is 12.1 Å². The van der Waals surface area contributed by atoms with Crippen molar-refractivity contribution in [2.24, 2.45) is 0 Å². The van der Waals surface area contributed by atoms with Gasteiger partial charge in [0.2, 0.25) is 0 Å². The SMILES string of the molecule is COCc1cc(N2CCN(C(=O)c3cccc(Cl)c3Cl)CC2)nc(C(C)(C)C)n1. The second-order valence-corrected chi connectivity index (χ2v) is 8.89. The molecule has 8 heteroatoms. The van der Waals surface area contributed by atoms with Crippen molar-refractivity contribution in [1.29, 1.82) is 0 Å². The highest BCUT2D eigenvalue weighted by Gasteiger charge is 2.26. The Bertz CT molecular complexity index is 891. The molecular formula is C21H26Cl2N4O2. The van der Waals surface area contributed by atoms with Crippen LogP contribution < -0.4 is 4.90 Å². The number of ether oxygens (including phenoxy) is 1. The molecule has 1 fully saturated rings. The first-order valence-corrected chi connectivity index (χ1v) is 10.3. The number of aromatic nitrogens is 2. The predicted octanol–water partition coefficient (Wildman–Crippen LogP) is 4.19. The first-order valence-electron chi connectivity index (χ1n) is 9.56. The zero-order chi connectivity index (χ0) is 21.2. The fourth-order valence-electron chi connectivity index (χ4n) is 3.18. The van der Waals surface area contributed by atoms with Gasteiger partial charge in [-0.15, -0.1) is 0 Å². The van der Waals surface area contributed by atoms with E-state index in [9.17, 15) is 4.79 Å². The molecule has 0 spiro atoms. The summed E-state index contributed by atoms with van der Waals surface area (Å²) in [5.41, 5.74) is 1.12. The van der Waals surface area contributed by atoms with Gasteiger partial charge in [0.15, 0.2) is 0 Å². The van der Waals surface area contributed by atoms with Crippen molar-refractivity contribution in [1.82, 2.24) is 14.9 Å². The smallest absolute Gasteiger partial charge is 0.255 e. The Hall–Kier alpha value is -1.89. The number of hydrogen-bond donors (Lipinski definition) is 0. The lowest BCUT2D eigenvalue weighted by Crippen LogP contribution is -2.49. The fraction of sp³-hybridized carbons (Fsp3) is 0.476. The fourth-order valence-corrected chi connectivity index (χ4v) is 3.56. The highest BCUT2D eigenvalue weighted by molar-refractivity contribution is 6.43. The van der Waals surface area contributed by atoms with Crippen LogP contribution in [0.15, 0.2) is 24.3 Å². The van der Waals surface area contributed by atoms with Crippen molar-refractivity contribution < 1.29 is 9.53 Å². The Morgan fingerprint density at radius 3 is 2.45 bits per heavy atom. The summed E-state index contributed by atoms with van der Waals surface area (Å²) in [4.78, 5) is 26.3. The number of amides is 1. The third-order valence-corrected chi connectivity index (χ3v) is 5.62. The molecule has 1 amide bonds. The zero-order valence-electron chi connectivity index (χ0n) is 17.2. The van der Waals surface area contributed by atoms with Gasteiger partial charge in [0.1, 0.15) is 11.6 Å². The molecule has 0 radical (unpaired) electrons. The van der Waals surface area contributed by atoms with Gasteiger partial charge in [0, 0.05) is 44.8 Å². The topological polar surface area (TPSA) is 58.6 Å². The number of anilines is 1. The molecule has 0 saturated carbocycles.